The summed E-state index contributed by atoms with van der Waals surface area (Å²) in [5, 5.41) is 6.23. The molecular weight excluding hydrogens is 289 g/mol. The number of nitrogens with zero attached hydrogens (tertiary/aromatic N) is 1. The first kappa shape index (κ1) is 14.7. The largest absolute Gasteiger partial charge is 0.484 e. The molecule has 21 heavy (non-hydrogen) atoms. The Morgan fingerprint density at radius 1 is 1.29 bits per heavy atom. The van der Waals surface area contributed by atoms with E-state index < -0.39 is 18.7 Å². The van der Waals surface area contributed by atoms with Crippen molar-refractivity contribution in [3.63, 3.8) is 0 Å². The van der Waals surface area contributed by atoms with E-state index in [0.717, 1.165) is 0 Å². The summed E-state index contributed by atoms with van der Waals surface area (Å²) >= 11 is 0. The Balaban J connectivity index is 2.22. The Kier molecular flexibility index (Phi) is 3.74. The van der Waals surface area contributed by atoms with Crippen LogP contribution in [0, 0.1) is 0 Å². The Morgan fingerprint density at radius 2 is 1.90 bits per heavy atom. The number of hydrogen-bond acceptors (Lipinski definition) is 4. The van der Waals surface area contributed by atoms with Crippen LogP contribution in [0.3, 0.4) is 0 Å². The smallest absolute Gasteiger partial charge is 0.422 e. The average Bonchev–Trinajstić information content (AvgIpc) is 2.78. The van der Waals surface area contributed by atoms with Crippen LogP contribution in [-0.2, 0) is 0 Å². The molecule has 1 heterocycles. The molecule has 9 heteroatoms. The van der Waals surface area contributed by atoms with Gasteiger partial charge in [-0.3, -0.25) is 9.89 Å². The number of ether oxygens (including phenoxy) is 1. The summed E-state index contributed by atoms with van der Waals surface area (Å²) in [7, 11) is 0. The number of aromatic amines is 1. The number of carbonyl (C=O) groups excluding carboxylic acids is 1. The van der Waals surface area contributed by atoms with Crippen LogP contribution < -0.4 is 16.2 Å². The van der Waals surface area contributed by atoms with E-state index in [1.807, 2.05) is 0 Å². The van der Waals surface area contributed by atoms with E-state index in [4.69, 9.17) is 11.5 Å². The first-order valence-corrected chi connectivity index (χ1v) is 5.71. The number of benzene rings is 1. The predicted molar refractivity (Wildman–Crippen MR) is 68.5 cm³/mol. The molecule has 112 valence electrons. The molecule has 0 fully saturated rings. The highest BCUT2D eigenvalue weighted by molar-refractivity contribution is 6.03. The summed E-state index contributed by atoms with van der Waals surface area (Å²) < 4.78 is 40.7. The van der Waals surface area contributed by atoms with Gasteiger partial charge in [-0.1, -0.05) is 0 Å². The van der Waals surface area contributed by atoms with Gasteiger partial charge in [-0.2, -0.15) is 18.3 Å². The Hall–Kier alpha value is -2.71. The number of anilines is 1. The highest BCUT2D eigenvalue weighted by atomic mass is 19.4. The van der Waals surface area contributed by atoms with Gasteiger partial charge in [0, 0.05) is 5.56 Å². The van der Waals surface area contributed by atoms with E-state index in [-0.39, 0.29) is 17.1 Å². The maximum absolute atomic E-state index is 12.0. The van der Waals surface area contributed by atoms with E-state index in [0.29, 0.717) is 11.3 Å². The monoisotopic (exact) mass is 300 g/mol. The summed E-state index contributed by atoms with van der Waals surface area (Å²) in [6, 6.07) is 5.60. The van der Waals surface area contributed by atoms with Crippen LogP contribution >= 0.6 is 0 Å². The lowest BCUT2D eigenvalue weighted by molar-refractivity contribution is -0.153. The summed E-state index contributed by atoms with van der Waals surface area (Å²) in [4.78, 5) is 11.3. The SMILES string of the molecule is NC(=O)c1c(N)n[nH]c1-c1ccc(OCC(F)(F)F)cc1. The molecule has 1 aromatic heterocycles. The molecule has 0 unspecified atom stereocenters. The van der Waals surface area contributed by atoms with Crippen LogP contribution in [0.2, 0.25) is 0 Å². The van der Waals surface area contributed by atoms with Crippen LogP contribution in [0.15, 0.2) is 24.3 Å². The van der Waals surface area contributed by atoms with Crippen molar-refractivity contribution < 1.29 is 22.7 Å². The molecule has 0 radical (unpaired) electrons. The number of halogens is 3. The van der Waals surface area contributed by atoms with Gasteiger partial charge in [-0.15, -0.1) is 0 Å². The number of primary amides is 1. The molecule has 2 aromatic rings. The highest BCUT2D eigenvalue weighted by Crippen LogP contribution is 2.27. The fourth-order valence-corrected chi connectivity index (χ4v) is 1.70. The number of nitrogens with one attached hydrogen (secondary N) is 1. The number of aromatic nitrogens is 2. The fourth-order valence-electron chi connectivity index (χ4n) is 1.70. The second kappa shape index (κ2) is 5.35. The number of hydrogen-bond donors (Lipinski definition) is 3. The molecule has 0 atom stereocenters. The number of rotatable bonds is 4. The van der Waals surface area contributed by atoms with Gasteiger partial charge in [-0.05, 0) is 24.3 Å². The molecule has 1 aromatic carbocycles. The van der Waals surface area contributed by atoms with Gasteiger partial charge in [0.15, 0.2) is 12.4 Å². The topological polar surface area (TPSA) is 107 Å². The van der Waals surface area contributed by atoms with E-state index in [1.165, 1.54) is 24.3 Å². The van der Waals surface area contributed by atoms with Crippen LogP contribution in [0.5, 0.6) is 5.75 Å². The fraction of sp³-hybridized carbons (Fsp3) is 0.167. The van der Waals surface area contributed by atoms with Crippen LogP contribution in [-0.4, -0.2) is 28.9 Å². The van der Waals surface area contributed by atoms with E-state index >= 15 is 0 Å². The molecule has 5 N–H and O–H groups in total. The number of carbonyl (C=O) groups is 1. The number of amides is 1. The second-order valence-corrected chi connectivity index (χ2v) is 4.15. The van der Waals surface area contributed by atoms with E-state index in [9.17, 15) is 18.0 Å². The molecule has 0 saturated heterocycles. The third-order valence-electron chi connectivity index (χ3n) is 2.59. The second-order valence-electron chi connectivity index (χ2n) is 4.15. The minimum Gasteiger partial charge on any atom is -0.484 e. The molecule has 0 aliphatic carbocycles. The van der Waals surface area contributed by atoms with Gasteiger partial charge in [-0.25, -0.2) is 0 Å². The third-order valence-corrected chi connectivity index (χ3v) is 2.59. The zero-order chi connectivity index (χ0) is 15.6. The number of alkyl halides is 3. The predicted octanol–water partition coefficient (Wildman–Crippen LogP) is 1.70. The van der Waals surface area contributed by atoms with Gasteiger partial charge in [0.25, 0.3) is 5.91 Å². The molecule has 2 rings (SSSR count). The summed E-state index contributed by atoms with van der Waals surface area (Å²) in [6.45, 7) is -1.38. The average molecular weight is 300 g/mol. The van der Waals surface area contributed by atoms with Crippen LogP contribution in [0.4, 0.5) is 19.0 Å². The summed E-state index contributed by atoms with van der Waals surface area (Å²) in [6.07, 6.45) is -4.41. The van der Waals surface area contributed by atoms with Crippen molar-refractivity contribution in [3.05, 3.63) is 29.8 Å². The molecule has 0 saturated carbocycles. The van der Waals surface area contributed by atoms with Gasteiger partial charge >= 0.3 is 6.18 Å². The molecule has 1 amide bonds. The van der Waals surface area contributed by atoms with Crippen LogP contribution in [0.25, 0.3) is 11.3 Å². The van der Waals surface area contributed by atoms with Crippen molar-refractivity contribution >= 4 is 11.7 Å². The van der Waals surface area contributed by atoms with E-state index in [1.54, 1.807) is 0 Å². The van der Waals surface area contributed by atoms with Crippen molar-refractivity contribution in [1.82, 2.24) is 10.2 Å². The van der Waals surface area contributed by atoms with Crippen molar-refractivity contribution in [2.45, 2.75) is 6.18 Å². The Labute approximate surface area is 116 Å². The van der Waals surface area contributed by atoms with E-state index in [2.05, 4.69) is 14.9 Å². The van der Waals surface area contributed by atoms with Gasteiger partial charge in [0.05, 0.1) is 5.69 Å². The van der Waals surface area contributed by atoms with Crippen molar-refractivity contribution in [2.24, 2.45) is 5.73 Å². The van der Waals surface area contributed by atoms with Crippen LogP contribution in [0.1, 0.15) is 10.4 Å². The highest BCUT2D eigenvalue weighted by Gasteiger charge is 2.28. The van der Waals surface area contributed by atoms with Crippen molar-refractivity contribution in [3.8, 4) is 17.0 Å². The zero-order valence-electron chi connectivity index (χ0n) is 10.6. The summed E-state index contributed by atoms with van der Waals surface area (Å²) in [5.74, 6) is -0.757. The minimum atomic E-state index is -4.41. The Morgan fingerprint density at radius 3 is 2.43 bits per heavy atom. The van der Waals surface area contributed by atoms with Gasteiger partial charge in [0.2, 0.25) is 0 Å². The first-order chi connectivity index (χ1) is 9.78. The molecule has 0 bridgehead atoms. The maximum Gasteiger partial charge on any atom is 0.422 e. The maximum atomic E-state index is 12.0. The summed E-state index contributed by atoms with van der Waals surface area (Å²) in [5.41, 5.74) is 11.5. The zero-order valence-corrected chi connectivity index (χ0v) is 10.6. The molecule has 0 spiro atoms. The van der Waals surface area contributed by atoms with Gasteiger partial charge < -0.3 is 16.2 Å². The molecule has 0 aliphatic rings. The molecular formula is C12H11F3N4O2. The standard InChI is InChI=1S/C12H11F3N4O2/c13-12(14,15)5-21-7-3-1-6(2-4-7)9-8(11(17)20)10(16)19-18-9/h1-4H,5H2,(H2,17,20)(H3,16,18,19). The normalized spacial score (nSPS) is 11.4. The lowest BCUT2D eigenvalue weighted by Crippen LogP contribution is -2.19. The quantitative estimate of drug-likeness (QED) is 0.798. The number of nitrogen functional groups attached to an aromatic ring is 1. The van der Waals surface area contributed by atoms with Crippen molar-refractivity contribution in [2.75, 3.05) is 12.3 Å². The van der Waals surface area contributed by atoms with Crippen molar-refractivity contribution in [1.29, 1.82) is 0 Å². The molecule has 0 aliphatic heterocycles. The lowest BCUT2D eigenvalue weighted by atomic mass is 10.1. The molecule has 6 nitrogen and oxygen atoms in total. The number of H-pyrrole nitrogens is 1. The minimum absolute atomic E-state index is 0.0268. The Bertz CT molecular complexity index is 650. The third kappa shape index (κ3) is 3.44. The first-order valence-electron chi connectivity index (χ1n) is 5.71. The number of nitrogens with two attached hydrogens (primary N) is 2. The lowest BCUT2D eigenvalue weighted by Gasteiger charge is -2.09. The van der Waals surface area contributed by atoms with Gasteiger partial charge in [0.1, 0.15) is 11.3 Å².